The van der Waals surface area contributed by atoms with Gasteiger partial charge in [0.2, 0.25) is 0 Å². The monoisotopic (exact) mass is 454 g/mol. The molecule has 0 saturated carbocycles. The minimum Gasteiger partial charge on any atom is -0.497 e. The maximum atomic E-state index is 14.1. The fourth-order valence-corrected chi connectivity index (χ4v) is 4.05. The van der Waals surface area contributed by atoms with Gasteiger partial charge < -0.3 is 14.3 Å². The van der Waals surface area contributed by atoms with Crippen LogP contribution in [0.1, 0.15) is 5.82 Å². The van der Waals surface area contributed by atoms with Crippen molar-refractivity contribution < 1.29 is 9.13 Å². The van der Waals surface area contributed by atoms with Gasteiger partial charge in [0.05, 0.1) is 47.6 Å². The normalized spacial score (nSPS) is 11.5. The fourth-order valence-electron chi connectivity index (χ4n) is 4.05. The third-order valence-electron chi connectivity index (χ3n) is 5.94. The lowest BCUT2D eigenvalue weighted by atomic mass is 10.1. The minimum absolute atomic E-state index is 0.410. The van der Waals surface area contributed by atoms with E-state index in [1.165, 1.54) is 19.2 Å². The third kappa shape index (κ3) is 3.11. The van der Waals surface area contributed by atoms with E-state index in [9.17, 15) is 4.39 Å². The predicted octanol–water partition coefficient (Wildman–Crippen LogP) is 4.42. The lowest BCUT2D eigenvalue weighted by Gasteiger charge is -2.05. The van der Waals surface area contributed by atoms with Crippen LogP contribution in [0.2, 0.25) is 0 Å². The number of pyridine rings is 2. The maximum absolute atomic E-state index is 14.1. The highest BCUT2D eigenvalue weighted by Gasteiger charge is 2.18. The summed E-state index contributed by atoms with van der Waals surface area (Å²) in [5.41, 5.74) is 5.61. The molecule has 0 amide bonds. The molecule has 9 nitrogen and oxygen atoms in total. The molecule has 1 aromatic carbocycles. The smallest absolute Gasteiger partial charge is 0.159 e. The first-order valence-corrected chi connectivity index (χ1v) is 10.5. The van der Waals surface area contributed by atoms with Crippen LogP contribution in [0.4, 0.5) is 4.39 Å². The molecule has 5 heterocycles. The summed E-state index contributed by atoms with van der Waals surface area (Å²) in [4.78, 5) is 21.5. The zero-order chi connectivity index (χ0) is 23.4. The molecule has 10 heteroatoms. The molecule has 0 atom stereocenters. The van der Waals surface area contributed by atoms with Crippen molar-refractivity contribution in [1.82, 2.24) is 39.7 Å². The number of hydrogen-bond donors (Lipinski definition) is 2. The van der Waals surface area contributed by atoms with Gasteiger partial charge in [-0.15, -0.1) is 0 Å². The average molecular weight is 454 g/mol. The van der Waals surface area contributed by atoms with Crippen LogP contribution >= 0.6 is 0 Å². The van der Waals surface area contributed by atoms with Crippen LogP contribution in [0.15, 0.2) is 48.9 Å². The SMILES string of the molecule is COc1cc(F)cc(-c2nccc3[nH]c(-c4n[nH]c5cnc(-c6cnc(C)n6C)cc45)nc23)c1. The van der Waals surface area contributed by atoms with E-state index in [0.29, 0.717) is 34.0 Å². The van der Waals surface area contributed by atoms with E-state index in [1.54, 1.807) is 24.7 Å². The van der Waals surface area contributed by atoms with Crippen LogP contribution in [0, 0.1) is 12.7 Å². The number of aryl methyl sites for hydroxylation is 1. The largest absolute Gasteiger partial charge is 0.497 e. The van der Waals surface area contributed by atoms with Crippen LogP contribution in [-0.2, 0) is 7.05 Å². The summed E-state index contributed by atoms with van der Waals surface area (Å²) in [6.07, 6.45) is 5.21. The summed E-state index contributed by atoms with van der Waals surface area (Å²) in [6.45, 7) is 1.94. The molecule has 6 rings (SSSR count). The molecule has 168 valence electrons. The molecule has 0 aliphatic rings. The number of imidazole rings is 2. The van der Waals surface area contributed by atoms with Gasteiger partial charge in [-0.05, 0) is 31.2 Å². The van der Waals surface area contributed by atoms with Gasteiger partial charge in [-0.3, -0.25) is 15.1 Å². The Hall–Kier alpha value is -4.60. The number of aromatic amines is 2. The number of fused-ring (bicyclic) bond motifs is 2. The number of nitrogens with one attached hydrogen (secondary N) is 2. The molecule has 6 aromatic rings. The second-order valence-corrected chi connectivity index (χ2v) is 7.96. The van der Waals surface area contributed by atoms with Crippen molar-refractivity contribution in [2.75, 3.05) is 7.11 Å². The van der Waals surface area contributed by atoms with Gasteiger partial charge >= 0.3 is 0 Å². The van der Waals surface area contributed by atoms with E-state index in [2.05, 4.69) is 30.1 Å². The van der Waals surface area contributed by atoms with Crippen molar-refractivity contribution in [3.8, 4) is 39.9 Å². The Kier molecular flexibility index (Phi) is 4.41. The first-order valence-electron chi connectivity index (χ1n) is 10.5. The summed E-state index contributed by atoms with van der Waals surface area (Å²) >= 11 is 0. The summed E-state index contributed by atoms with van der Waals surface area (Å²) in [6, 6.07) is 8.26. The second kappa shape index (κ2) is 7.48. The Bertz CT molecular complexity index is 1700. The van der Waals surface area contributed by atoms with E-state index in [1.807, 2.05) is 30.7 Å². The van der Waals surface area contributed by atoms with Crippen LogP contribution in [0.3, 0.4) is 0 Å². The third-order valence-corrected chi connectivity index (χ3v) is 5.94. The van der Waals surface area contributed by atoms with Gasteiger partial charge in [0.15, 0.2) is 5.82 Å². The van der Waals surface area contributed by atoms with E-state index in [0.717, 1.165) is 33.6 Å². The summed E-state index contributed by atoms with van der Waals surface area (Å²) in [5, 5.41) is 8.37. The van der Waals surface area contributed by atoms with E-state index < -0.39 is 5.82 Å². The molecule has 0 aliphatic carbocycles. The molecule has 0 bridgehead atoms. The summed E-state index contributed by atoms with van der Waals surface area (Å²) < 4.78 is 21.4. The predicted molar refractivity (Wildman–Crippen MR) is 126 cm³/mol. The number of benzene rings is 1. The van der Waals surface area contributed by atoms with Crippen molar-refractivity contribution in [1.29, 1.82) is 0 Å². The number of rotatable bonds is 4. The number of ether oxygens (including phenoxy) is 1. The van der Waals surface area contributed by atoms with Crippen molar-refractivity contribution in [2.24, 2.45) is 7.05 Å². The molecule has 0 spiro atoms. The second-order valence-electron chi connectivity index (χ2n) is 7.96. The molecule has 0 radical (unpaired) electrons. The van der Waals surface area contributed by atoms with E-state index in [4.69, 9.17) is 9.72 Å². The van der Waals surface area contributed by atoms with Gasteiger partial charge in [0, 0.05) is 30.3 Å². The number of aromatic nitrogens is 8. The molecular formula is C24H19FN8O. The Balaban J connectivity index is 1.50. The van der Waals surface area contributed by atoms with Crippen LogP contribution in [-0.4, -0.2) is 46.8 Å². The van der Waals surface area contributed by atoms with E-state index in [-0.39, 0.29) is 0 Å². The number of hydrogen-bond acceptors (Lipinski definition) is 6. The van der Waals surface area contributed by atoms with Gasteiger partial charge in [-0.2, -0.15) is 5.10 Å². The molecule has 34 heavy (non-hydrogen) atoms. The Morgan fingerprint density at radius 3 is 2.68 bits per heavy atom. The molecule has 5 aromatic heterocycles. The molecule has 0 saturated heterocycles. The van der Waals surface area contributed by atoms with Gasteiger partial charge in [0.1, 0.15) is 28.6 Å². The highest BCUT2D eigenvalue weighted by atomic mass is 19.1. The van der Waals surface area contributed by atoms with Crippen molar-refractivity contribution in [3.05, 3.63) is 60.6 Å². The van der Waals surface area contributed by atoms with Crippen molar-refractivity contribution >= 4 is 21.9 Å². The number of halogens is 1. The zero-order valence-corrected chi connectivity index (χ0v) is 18.6. The standard InChI is InChI=1S/C24H19FN8O/c1-12-27-11-20(33(12)2)18-9-16-19(10-28-18)31-32-22(16)24-29-17-4-5-26-21(23(17)30-24)13-6-14(25)8-15(7-13)34-3/h4-11H,1-3H3,(H,29,30)(H,31,32). The fraction of sp³-hybridized carbons (Fsp3) is 0.125. The van der Waals surface area contributed by atoms with Crippen LogP contribution < -0.4 is 4.74 Å². The highest BCUT2D eigenvalue weighted by molar-refractivity contribution is 5.96. The van der Waals surface area contributed by atoms with E-state index >= 15 is 0 Å². The Labute approximate surface area is 192 Å². The molecule has 0 aliphatic heterocycles. The molecule has 0 fully saturated rings. The topological polar surface area (TPSA) is 110 Å². The lowest BCUT2D eigenvalue weighted by Crippen LogP contribution is -1.95. The molecular weight excluding hydrogens is 435 g/mol. The highest BCUT2D eigenvalue weighted by Crippen LogP contribution is 2.33. The van der Waals surface area contributed by atoms with Gasteiger partial charge in [0.25, 0.3) is 0 Å². The zero-order valence-electron chi connectivity index (χ0n) is 18.6. The van der Waals surface area contributed by atoms with Crippen molar-refractivity contribution in [2.45, 2.75) is 6.92 Å². The average Bonchev–Trinajstić information content (AvgIpc) is 3.54. The number of nitrogens with zero attached hydrogens (tertiary/aromatic N) is 6. The minimum atomic E-state index is -0.410. The van der Waals surface area contributed by atoms with Crippen LogP contribution in [0.5, 0.6) is 5.75 Å². The van der Waals surface area contributed by atoms with Crippen molar-refractivity contribution in [3.63, 3.8) is 0 Å². The lowest BCUT2D eigenvalue weighted by molar-refractivity contribution is 0.411. The van der Waals surface area contributed by atoms with Gasteiger partial charge in [-0.1, -0.05) is 0 Å². The van der Waals surface area contributed by atoms with Crippen LogP contribution in [0.25, 0.3) is 56.1 Å². The first-order chi connectivity index (χ1) is 16.5. The summed E-state index contributed by atoms with van der Waals surface area (Å²) in [5.74, 6) is 1.47. The van der Waals surface area contributed by atoms with Gasteiger partial charge in [-0.25, -0.2) is 14.4 Å². The number of methoxy groups -OCH3 is 1. The number of H-pyrrole nitrogens is 2. The first kappa shape index (κ1) is 20.0. The maximum Gasteiger partial charge on any atom is 0.159 e. The summed E-state index contributed by atoms with van der Waals surface area (Å²) in [7, 11) is 3.45. The quantitative estimate of drug-likeness (QED) is 0.408. The molecule has 0 unspecified atom stereocenters. The Morgan fingerprint density at radius 1 is 1.00 bits per heavy atom. The Morgan fingerprint density at radius 2 is 1.88 bits per heavy atom. The molecule has 2 N–H and O–H groups in total.